The van der Waals surface area contributed by atoms with Crippen molar-refractivity contribution in [3.63, 3.8) is 0 Å². The average molecular weight is 355 g/mol. The van der Waals surface area contributed by atoms with E-state index in [0.717, 1.165) is 23.6 Å². The van der Waals surface area contributed by atoms with Crippen LogP contribution in [-0.4, -0.2) is 34.0 Å². The largest absolute Gasteiger partial charge is 0.357 e. The lowest BCUT2D eigenvalue weighted by Crippen LogP contribution is -2.44. The van der Waals surface area contributed by atoms with E-state index in [1.165, 1.54) is 7.05 Å². The molecule has 1 rings (SSSR count). The maximum absolute atomic E-state index is 11.5. The molecule has 1 aromatic rings. The van der Waals surface area contributed by atoms with Crippen LogP contribution in [0.3, 0.4) is 0 Å². The Hall–Kier alpha value is -1.60. The molecule has 0 heterocycles. The van der Waals surface area contributed by atoms with Crippen molar-refractivity contribution in [3.05, 3.63) is 35.4 Å². The molecule has 0 aromatic heterocycles. The van der Waals surface area contributed by atoms with Gasteiger partial charge in [0, 0.05) is 12.6 Å². The first-order valence-electron chi connectivity index (χ1n) is 8.31. The molecule has 136 valence electrons. The molecule has 0 aliphatic carbocycles. The Morgan fingerprint density at radius 3 is 2.21 bits per heavy atom. The fourth-order valence-corrected chi connectivity index (χ4v) is 2.68. The Balaban J connectivity index is 2.72. The van der Waals surface area contributed by atoms with Crippen LogP contribution in [0.1, 0.15) is 38.8 Å². The van der Waals surface area contributed by atoms with Crippen LogP contribution in [0.25, 0.3) is 0 Å². The number of sulfonamides is 1. The van der Waals surface area contributed by atoms with Crippen LogP contribution < -0.4 is 15.4 Å². The first-order chi connectivity index (χ1) is 11.3. The Labute approximate surface area is 146 Å². The highest BCUT2D eigenvalue weighted by atomic mass is 32.2. The maximum Gasteiger partial charge on any atom is 0.215 e. The van der Waals surface area contributed by atoms with E-state index < -0.39 is 10.0 Å². The van der Waals surface area contributed by atoms with Crippen LogP contribution in [0.15, 0.2) is 29.3 Å². The molecule has 0 fully saturated rings. The fourth-order valence-electron chi connectivity index (χ4n) is 1.91. The molecule has 6 nitrogen and oxygen atoms in total. The number of nitrogens with zero attached hydrogens (tertiary/aromatic N) is 1. The maximum atomic E-state index is 11.5. The zero-order valence-corrected chi connectivity index (χ0v) is 16.1. The number of aliphatic imine (C=N–C) groups is 1. The monoisotopic (exact) mass is 354 g/mol. The molecule has 0 spiro atoms. The highest BCUT2D eigenvalue weighted by Crippen LogP contribution is 2.09. The summed E-state index contributed by atoms with van der Waals surface area (Å²) in [5, 5.41) is 6.63. The van der Waals surface area contributed by atoms with Gasteiger partial charge in [0.1, 0.15) is 0 Å². The van der Waals surface area contributed by atoms with E-state index in [0.29, 0.717) is 18.5 Å². The van der Waals surface area contributed by atoms with Gasteiger partial charge in [0.05, 0.1) is 12.3 Å². The highest BCUT2D eigenvalue weighted by Gasteiger charge is 2.09. The molecule has 3 N–H and O–H groups in total. The Bertz CT molecular complexity index is 624. The van der Waals surface area contributed by atoms with E-state index in [1.807, 2.05) is 31.2 Å². The van der Waals surface area contributed by atoms with E-state index in [2.05, 4.69) is 41.1 Å². The van der Waals surface area contributed by atoms with Crippen LogP contribution in [-0.2, 0) is 22.3 Å². The van der Waals surface area contributed by atoms with Gasteiger partial charge in [0.25, 0.3) is 0 Å². The Kier molecular flexibility index (Phi) is 8.21. The summed E-state index contributed by atoms with van der Waals surface area (Å²) in [7, 11) is -1.82. The van der Waals surface area contributed by atoms with Crippen molar-refractivity contribution in [3.8, 4) is 0 Å². The normalized spacial score (nSPS) is 13.8. The van der Waals surface area contributed by atoms with Crippen molar-refractivity contribution in [2.45, 2.75) is 46.0 Å². The summed E-state index contributed by atoms with van der Waals surface area (Å²) >= 11 is 0. The number of rotatable bonds is 8. The van der Waals surface area contributed by atoms with E-state index in [-0.39, 0.29) is 5.75 Å². The molecule has 0 aliphatic heterocycles. The quantitative estimate of drug-likeness (QED) is 0.491. The standard InChI is InChI=1S/C17H30N4O2S/c1-6-19-17(21-14(4)13(2)3)20-11-15-7-9-16(10-8-15)12-24(22,23)18-5/h7-10,13-14,18H,6,11-12H2,1-5H3,(H2,19,20,21). The van der Waals surface area contributed by atoms with Gasteiger partial charge >= 0.3 is 0 Å². The molecular weight excluding hydrogens is 324 g/mol. The van der Waals surface area contributed by atoms with Crippen molar-refractivity contribution >= 4 is 16.0 Å². The summed E-state index contributed by atoms with van der Waals surface area (Å²) < 4.78 is 25.4. The number of guanidine groups is 1. The minimum Gasteiger partial charge on any atom is -0.357 e. The van der Waals surface area contributed by atoms with E-state index in [4.69, 9.17) is 0 Å². The summed E-state index contributed by atoms with van der Waals surface area (Å²) in [5.41, 5.74) is 1.80. The van der Waals surface area contributed by atoms with Gasteiger partial charge in [0.15, 0.2) is 5.96 Å². The van der Waals surface area contributed by atoms with Gasteiger partial charge in [-0.05, 0) is 37.9 Å². The topological polar surface area (TPSA) is 82.6 Å². The van der Waals surface area contributed by atoms with E-state index >= 15 is 0 Å². The van der Waals surface area contributed by atoms with Crippen LogP contribution >= 0.6 is 0 Å². The van der Waals surface area contributed by atoms with Crippen molar-refractivity contribution in [2.75, 3.05) is 13.6 Å². The minimum atomic E-state index is -3.24. The van der Waals surface area contributed by atoms with Crippen LogP contribution in [0.4, 0.5) is 0 Å². The number of hydrogen-bond acceptors (Lipinski definition) is 3. The average Bonchev–Trinajstić information content (AvgIpc) is 2.53. The Morgan fingerprint density at radius 1 is 1.12 bits per heavy atom. The third kappa shape index (κ3) is 7.31. The van der Waals surface area contributed by atoms with Gasteiger partial charge < -0.3 is 10.6 Å². The van der Waals surface area contributed by atoms with E-state index in [1.54, 1.807) is 0 Å². The summed E-state index contributed by atoms with van der Waals surface area (Å²) in [4.78, 5) is 4.59. The number of benzene rings is 1. The fraction of sp³-hybridized carbons (Fsp3) is 0.588. The predicted octanol–water partition coefficient (Wildman–Crippen LogP) is 1.84. The first kappa shape index (κ1) is 20.4. The van der Waals surface area contributed by atoms with Crippen molar-refractivity contribution < 1.29 is 8.42 Å². The van der Waals surface area contributed by atoms with Gasteiger partial charge in [-0.25, -0.2) is 18.1 Å². The molecule has 1 atom stereocenters. The van der Waals surface area contributed by atoms with Crippen LogP contribution in [0, 0.1) is 5.92 Å². The van der Waals surface area contributed by atoms with Gasteiger partial charge in [-0.15, -0.1) is 0 Å². The van der Waals surface area contributed by atoms with Crippen molar-refractivity contribution in [1.82, 2.24) is 15.4 Å². The van der Waals surface area contributed by atoms with E-state index in [9.17, 15) is 8.42 Å². The highest BCUT2D eigenvalue weighted by molar-refractivity contribution is 7.88. The molecule has 7 heteroatoms. The second kappa shape index (κ2) is 9.64. The molecule has 0 radical (unpaired) electrons. The first-order valence-corrected chi connectivity index (χ1v) is 9.96. The van der Waals surface area contributed by atoms with Gasteiger partial charge in [-0.1, -0.05) is 38.1 Å². The van der Waals surface area contributed by atoms with Gasteiger partial charge in [-0.3, -0.25) is 0 Å². The van der Waals surface area contributed by atoms with Crippen LogP contribution in [0.2, 0.25) is 0 Å². The molecule has 0 saturated carbocycles. The predicted molar refractivity (Wildman–Crippen MR) is 100 cm³/mol. The van der Waals surface area contributed by atoms with Gasteiger partial charge in [-0.2, -0.15) is 0 Å². The summed E-state index contributed by atoms with van der Waals surface area (Å²) in [6, 6.07) is 7.82. The van der Waals surface area contributed by atoms with Crippen molar-refractivity contribution in [1.29, 1.82) is 0 Å². The molecule has 0 saturated heterocycles. The number of hydrogen-bond donors (Lipinski definition) is 3. The summed E-state index contributed by atoms with van der Waals surface area (Å²) in [6.45, 7) is 9.85. The molecule has 0 amide bonds. The smallest absolute Gasteiger partial charge is 0.215 e. The third-order valence-corrected chi connectivity index (χ3v) is 5.15. The Morgan fingerprint density at radius 2 is 1.71 bits per heavy atom. The SMILES string of the molecule is CCNC(=NCc1ccc(CS(=O)(=O)NC)cc1)NC(C)C(C)C. The van der Waals surface area contributed by atoms with Gasteiger partial charge in [0.2, 0.25) is 10.0 Å². The third-order valence-electron chi connectivity index (χ3n) is 3.82. The minimum absolute atomic E-state index is 0.0108. The number of nitrogens with one attached hydrogen (secondary N) is 3. The second-order valence-corrected chi connectivity index (χ2v) is 8.08. The zero-order valence-electron chi connectivity index (χ0n) is 15.3. The lowest BCUT2D eigenvalue weighted by atomic mass is 10.1. The lowest BCUT2D eigenvalue weighted by Gasteiger charge is -2.20. The second-order valence-electron chi connectivity index (χ2n) is 6.15. The van der Waals surface area contributed by atoms with Crippen molar-refractivity contribution in [2.24, 2.45) is 10.9 Å². The summed E-state index contributed by atoms with van der Waals surface area (Å²) in [6.07, 6.45) is 0. The molecule has 1 aromatic carbocycles. The molecule has 24 heavy (non-hydrogen) atoms. The van der Waals surface area contributed by atoms with Crippen LogP contribution in [0.5, 0.6) is 0 Å². The summed E-state index contributed by atoms with van der Waals surface area (Å²) in [5.74, 6) is 1.30. The zero-order chi connectivity index (χ0) is 18.2. The lowest BCUT2D eigenvalue weighted by molar-refractivity contribution is 0.481. The molecule has 1 unspecified atom stereocenters. The molecule has 0 bridgehead atoms. The molecular formula is C17H30N4O2S. The molecule has 0 aliphatic rings.